The molecule has 2 aromatic rings. The van der Waals surface area contributed by atoms with Gasteiger partial charge in [0.25, 0.3) is 5.91 Å². The van der Waals surface area contributed by atoms with Crippen LogP contribution in [0.1, 0.15) is 52.2 Å². The number of hydrogen-bond donors (Lipinski definition) is 0. The van der Waals surface area contributed by atoms with E-state index >= 15 is 0 Å². The molecule has 0 unspecified atom stereocenters. The summed E-state index contributed by atoms with van der Waals surface area (Å²) in [5.41, 5.74) is 3.89. The van der Waals surface area contributed by atoms with Gasteiger partial charge in [-0.05, 0) is 44.7 Å². The molecule has 1 saturated carbocycles. The zero-order valence-electron chi connectivity index (χ0n) is 16.9. The summed E-state index contributed by atoms with van der Waals surface area (Å²) in [5, 5.41) is 1.58. The Morgan fingerprint density at radius 1 is 1.07 bits per heavy atom. The molecule has 1 aliphatic heterocycles. The molecule has 1 aliphatic carbocycles. The fourth-order valence-corrected chi connectivity index (χ4v) is 5.95. The number of carbonyl (C=O) groups excluding carboxylic acids is 1. The summed E-state index contributed by atoms with van der Waals surface area (Å²) in [6, 6.07) is 4.83. The second-order valence-corrected chi connectivity index (χ2v) is 9.47. The monoisotopic (exact) mass is 417 g/mol. The van der Waals surface area contributed by atoms with Crippen molar-refractivity contribution in [2.45, 2.75) is 52.5 Å². The van der Waals surface area contributed by atoms with E-state index < -0.39 is 0 Å². The maximum atomic E-state index is 13.2. The van der Waals surface area contributed by atoms with Crippen LogP contribution in [0.15, 0.2) is 12.1 Å². The maximum absolute atomic E-state index is 13.2. The van der Waals surface area contributed by atoms with Gasteiger partial charge in [-0.2, -0.15) is 0 Å². The number of halogens is 1. The molecular formula is C22H28ClN3OS. The molecule has 0 radical (unpaired) electrons. The largest absolute Gasteiger partial charge is 0.335 e. The topological polar surface area (TPSA) is 36.4 Å². The van der Waals surface area contributed by atoms with E-state index in [0.717, 1.165) is 69.5 Å². The first kappa shape index (κ1) is 19.9. The maximum Gasteiger partial charge on any atom is 0.265 e. The first-order valence-corrected chi connectivity index (χ1v) is 11.4. The van der Waals surface area contributed by atoms with Crippen molar-refractivity contribution in [3.05, 3.63) is 38.9 Å². The average Bonchev–Trinajstić information content (AvgIpc) is 3.35. The minimum atomic E-state index is 0.119. The summed E-state index contributed by atoms with van der Waals surface area (Å²) in [6.45, 7) is 9.58. The minimum Gasteiger partial charge on any atom is -0.335 e. The molecule has 1 saturated heterocycles. The van der Waals surface area contributed by atoms with Gasteiger partial charge in [0, 0.05) is 37.8 Å². The smallest absolute Gasteiger partial charge is 0.265 e. The number of aryl methyl sites for hydroxylation is 3. The molecule has 6 heteroatoms. The van der Waals surface area contributed by atoms with Crippen LogP contribution in [0.5, 0.6) is 0 Å². The lowest BCUT2D eigenvalue weighted by atomic mass is 10.1. The van der Waals surface area contributed by atoms with E-state index in [-0.39, 0.29) is 5.91 Å². The molecule has 0 bridgehead atoms. The first-order chi connectivity index (χ1) is 13.5. The van der Waals surface area contributed by atoms with Gasteiger partial charge in [0.1, 0.15) is 9.88 Å². The second kappa shape index (κ2) is 8.13. The van der Waals surface area contributed by atoms with E-state index in [1.165, 1.54) is 37.0 Å². The molecule has 0 N–H and O–H groups in total. The number of thiazole rings is 1. The van der Waals surface area contributed by atoms with Crippen LogP contribution in [0.2, 0.25) is 5.02 Å². The number of rotatable bonds is 3. The van der Waals surface area contributed by atoms with Crippen molar-refractivity contribution >= 4 is 28.8 Å². The van der Waals surface area contributed by atoms with Gasteiger partial charge >= 0.3 is 0 Å². The Labute approximate surface area is 176 Å². The number of benzene rings is 1. The number of nitrogens with zero attached hydrogens (tertiary/aromatic N) is 3. The molecule has 28 heavy (non-hydrogen) atoms. The quantitative estimate of drug-likeness (QED) is 0.697. The molecule has 0 spiro atoms. The molecule has 2 heterocycles. The van der Waals surface area contributed by atoms with E-state index in [0.29, 0.717) is 0 Å². The lowest BCUT2D eigenvalue weighted by molar-refractivity contribution is 0.0577. The molecular weight excluding hydrogens is 390 g/mol. The van der Waals surface area contributed by atoms with E-state index in [1.54, 1.807) is 0 Å². The number of carbonyl (C=O) groups is 1. The molecule has 2 fully saturated rings. The number of hydrogen-bond acceptors (Lipinski definition) is 4. The predicted molar refractivity (Wildman–Crippen MR) is 117 cm³/mol. The summed E-state index contributed by atoms with van der Waals surface area (Å²) < 4.78 is 0. The van der Waals surface area contributed by atoms with Gasteiger partial charge in [0.05, 0.1) is 10.7 Å². The zero-order chi connectivity index (χ0) is 19.8. The highest BCUT2D eigenvalue weighted by Crippen LogP contribution is 2.37. The molecule has 1 aromatic carbocycles. The summed E-state index contributed by atoms with van der Waals surface area (Å²) in [5.74, 6) is 0.119. The highest BCUT2D eigenvalue weighted by atomic mass is 35.5. The molecule has 4 rings (SSSR count). The molecule has 1 amide bonds. The summed E-state index contributed by atoms with van der Waals surface area (Å²) in [7, 11) is 0. The fraction of sp³-hybridized carbons (Fsp3) is 0.545. The van der Waals surface area contributed by atoms with Gasteiger partial charge in [-0.15, -0.1) is 11.3 Å². The third-order valence-corrected chi connectivity index (χ3v) is 7.84. The molecule has 1 aromatic heterocycles. The van der Waals surface area contributed by atoms with Crippen LogP contribution < -0.4 is 0 Å². The highest BCUT2D eigenvalue weighted by molar-refractivity contribution is 7.17. The number of amides is 1. The van der Waals surface area contributed by atoms with E-state index in [4.69, 9.17) is 16.6 Å². The van der Waals surface area contributed by atoms with Crippen LogP contribution in [0.3, 0.4) is 0 Å². The molecule has 0 atom stereocenters. The van der Waals surface area contributed by atoms with E-state index in [1.807, 2.05) is 31.7 Å². The standard InChI is InChI=1S/C22H28ClN3OS/c1-14-8-9-15(2)19(23)18(14)21-24-16(3)20(28-21)22(27)26-12-10-25(11-13-26)17-6-4-5-7-17/h8-9,17H,4-7,10-13H2,1-3H3. The van der Waals surface area contributed by atoms with Crippen molar-refractivity contribution in [1.82, 2.24) is 14.8 Å². The Hall–Kier alpha value is -1.43. The predicted octanol–water partition coefficient (Wildman–Crippen LogP) is 5.09. The van der Waals surface area contributed by atoms with Crippen molar-refractivity contribution in [1.29, 1.82) is 0 Å². The SMILES string of the molecule is Cc1ccc(C)c(-c2nc(C)c(C(=O)N3CCN(C4CCCC4)CC3)s2)c1Cl. The van der Waals surface area contributed by atoms with E-state index in [9.17, 15) is 4.79 Å². The Morgan fingerprint density at radius 2 is 1.71 bits per heavy atom. The lowest BCUT2D eigenvalue weighted by Crippen LogP contribution is -2.51. The van der Waals surface area contributed by atoms with Gasteiger partial charge in [-0.1, -0.05) is 36.6 Å². The third-order valence-electron chi connectivity index (χ3n) is 6.19. The summed E-state index contributed by atoms with van der Waals surface area (Å²) in [4.78, 5) is 23.2. The van der Waals surface area contributed by atoms with Gasteiger partial charge in [-0.25, -0.2) is 4.98 Å². The third kappa shape index (κ3) is 3.72. The van der Waals surface area contributed by atoms with Crippen LogP contribution >= 0.6 is 22.9 Å². The van der Waals surface area contributed by atoms with Gasteiger partial charge < -0.3 is 4.90 Å². The molecule has 150 valence electrons. The zero-order valence-corrected chi connectivity index (χ0v) is 18.5. The normalized spacial score (nSPS) is 18.8. The van der Waals surface area contributed by atoms with Crippen molar-refractivity contribution in [3.63, 3.8) is 0 Å². The van der Waals surface area contributed by atoms with Crippen molar-refractivity contribution < 1.29 is 4.79 Å². The van der Waals surface area contributed by atoms with Crippen molar-refractivity contribution in [2.24, 2.45) is 0 Å². The van der Waals surface area contributed by atoms with Crippen LogP contribution in [0.25, 0.3) is 10.6 Å². The van der Waals surface area contributed by atoms with Crippen LogP contribution in [0.4, 0.5) is 0 Å². The van der Waals surface area contributed by atoms with Gasteiger partial charge in [-0.3, -0.25) is 9.69 Å². The van der Waals surface area contributed by atoms with Crippen molar-refractivity contribution in [2.75, 3.05) is 26.2 Å². The summed E-state index contributed by atoms with van der Waals surface area (Å²) in [6.07, 6.45) is 5.35. The highest BCUT2D eigenvalue weighted by Gasteiger charge is 2.30. The van der Waals surface area contributed by atoms with Crippen LogP contribution in [-0.4, -0.2) is 52.9 Å². The summed E-state index contributed by atoms with van der Waals surface area (Å²) >= 11 is 8.04. The van der Waals surface area contributed by atoms with Gasteiger partial charge in [0.15, 0.2) is 0 Å². The van der Waals surface area contributed by atoms with Gasteiger partial charge in [0.2, 0.25) is 0 Å². The minimum absolute atomic E-state index is 0.119. The Balaban J connectivity index is 1.51. The number of piperazine rings is 1. The Kier molecular flexibility index (Phi) is 5.77. The van der Waals surface area contributed by atoms with Crippen LogP contribution in [0, 0.1) is 20.8 Å². The Morgan fingerprint density at radius 3 is 2.39 bits per heavy atom. The molecule has 4 nitrogen and oxygen atoms in total. The second-order valence-electron chi connectivity index (χ2n) is 8.09. The lowest BCUT2D eigenvalue weighted by Gasteiger charge is -2.37. The average molecular weight is 418 g/mol. The Bertz CT molecular complexity index is 880. The number of aromatic nitrogens is 1. The first-order valence-electron chi connectivity index (χ1n) is 10.2. The molecule has 2 aliphatic rings. The fourth-order valence-electron chi connectivity index (χ4n) is 4.44. The van der Waals surface area contributed by atoms with E-state index in [2.05, 4.69) is 11.0 Å². The van der Waals surface area contributed by atoms with Crippen LogP contribution in [-0.2, 0) is 0 Å². The van der Waals surface area contributed by atoms with Crippen molar-refractivity contribution in [3.8, 4) is 10.6 Å².